The van der Waals surface area contributed by atoms with Gasteiger partial charge in [-0.25, -0.2) is 0 Å². The molecule has 0 bridgehead atoms. The lowest BCUT2D eigenvalue weighted by molar-refractivity contribution is -0.138. The van der Waals surface area contributed by atoms with E-state index in [1.807, 2.05) is 23.9 Å². The zero-order chi connectivity index (χ0) is 15.1. The summed E-state index contributed by atoms with van der Waals surface area (Å²) in [5.41, 5.74) is 1.19. The first-order valence-electron chi connectivity index (χ1n) is 7.44. The van der Waals surface area contributed by atoms with Gasteiger partial charge in [0.05, 0.1) is 13.0 Å². The number of hydrogen-bond donors (Lipinski definition) is 1. The Labute approximate surface area is 130 Å². The van der Waals surface area contributed by atoms with Crippen LogP contribution in [0.25, 0.3) is 0 Å². The molecule has 1 aromatic carbocycles. The lowest BCUT2D eigenvalue weighted by Gasteiger charge is -2.34. The van der Waals surface area contributed by atoms with Gasteiger partial charge >= 0.3 is 5.97 Å². The van der Waals surface area contributed by atoms with Crippen LogP contribution in [0.3, 0.4) is 0 Å². The molecular weight excluding hydrogens is 286 g/mol. The summed E-state index contributed by atoms with van der Waals surface area (Å²) in [6.07, 6.45) is 1.22. The van der Waals surface area contributed by atoms with E-state index < -0.39 is 5.97 Å². The van der Waals surface area contributed by atoms with Crippen molar-refractivity contribution in [2.45, 2.75) is 32.4 Å². The fourth-order valence-corrected chi connectivity index (χ4v) is 3.61. The van der Waals surface area contributed by atoms with E-state index in [0.717, 1.165) is 43.4 Å². The summed E-state index contributed by atoms with van der Waals surface area (Å²) in [6, 6.07) is 8.25. The third kappa shape index (κ3) is 5.25. The molecule has 0 aromatic heterocycles. The Morgan fingerprint density at radius 1 is 1.52 bits per heavy atom. The second-order valence-corrected chi connectivity index (χ2v) is 6.44. The molecule has 1 unspecified atom stereocenters. The molecule has 1 aliphatic heterocycles. The monoisotopic (exact) mass is 309 g/mol. The van der Waals surface area contributed by atoms with Gasteiger partial charge in [0.15, 0.2) is 0 Å². The Bertz CT molecular complexity index is 467. The first kappa shape index (κ1) is 16.2. The third-order valence-corrected chi connectivity index (χ3v) is 4.61. The largest absolute Gasteiger partial charge is 0.494 e. The number of rotatable bonds is 7. The highest BCUT2D eigenvalue weighted by atomic mass is 32.2. The number of ether oxygens (including phenoxy) is 1. The zero-order valence-corrected chi connectivity index (χ0v) is 13.3. The summed E-state index contributed by atoms with van der Waals surface area (Å²) in [7, 11) is 0. The van der Waals surface area contributed by atoms with Crippen molar-refractivity contribution in [1.29, 1.82) is 0 Å². The van der Waals surface area contributed by atoms with Gasteiger partial charge in [0, 0.05) is 30.6 Å². The predicted molar refractivity (Wildman–Crippen MR) is 86.0 cm³/mol. The number of aliphatic carboxylic acids is 1. The second kappa shape index (κ2) is 8.29. The van der Waals surface area contributed by atoms with Crippen molar-refractivity contribution in [1.82, 2.24) is 4.90 Å². The van der Waals surface area contributed by atoms with Crippen molar-refractivity contribution in [3.63, 3.8) is 0 Å². The highest BCUT2D eigenvalue weighted by Crippen LogP contribution is 2.22. The molecule has 0 amide bonds. The maximum Gasteiger partial charge on any atom is 0.304 e. The minimum atomic E-state index is -0.715. The summed E-state index contributed by atoms with van der Waals surface area (Å²) in [6.45, 7) is 4.56. The molecule has 4 nitrogen and oxygen atoms in total. The average molecular weight is 309 g/mol. The number of hydrogen-bond acceptors (Lipinski definition) is 4. The van der Waals surface area contributed by atoms with E-state index in [9.17, 15) is 4.79 Å². The Kier molecular flexibility index (Phi) is 6.39. The van der Waals surface area contributed by atoms with E-state index in [0.29, 0.717) is 0 Å². The van der Waals surface area contributed by atoms with Gasteiger partial charge in [-0.05, 0) is 24.1 Å². The molecule has 1 aliphatic rings. The summed E-state index contributed by atoms with van der Waals surface area (Å²) in [4.78, 5) is 13.3. The van der Waals surface area contributed by atoms with E-state index in [1.54, 1.807) is 0 Å². The Morgan fingerprint density at radius 2 is 2.38 bits per heavy atom. The van der Waals surface area contributed by atoms with Gasteiger partial charge in [0.1, 0.15) is 5.75 Å². The van der Waals surface area contributed by atoms with Gasteiger partial charge in [-0.3, -0.25) is 9.69 Å². The predicted octanol–water partition coefficient (Wildman–Crippen LogP) is 2.87. The van der Waals surface area contributed by atoms with Crippen LogP contribution in [0.15, 0.2) is 24.3 Å². The van der Waals surface area contributed by atoms with Gasteiger partial charge in [-0.1, -0.05) is 19.1 Å². The van der Waals surface area contributed by atoms with Crippen molar-refractivity contribution in [2.75, 3.05) is 24.7 Å². The highest BCUT2D eigenvalue weighted by molar-refractivity contribution is 7.99. The minimum Gasteiger partial charge on any atom is -0.494 e. The topological polar surface area (TPSA) is 49.8 Å². The van der Waals surface area contributed by atoms with Crippen molar-refractivity contribution < 1.29 is 14.6 Å². The number of benzene rings is 1. The molecule has 1 fully saturated rings. The van der Waals surface area contributed by atoms with E-state index >= 15 is 0 Å². The van der Waals surface area contributed by atoms with Crippen molar-refractivity contribution in [3.8, 4) is 5.75 Å². The van der Waals surface area contributed by atoms with Gasteiger partial charge in [-0.2, -0.15) is 11.8 Å². The van der Waals surface area contributed by atoms with Crippen LogP contribution in [0.2, 0.25) is 0 Å². The van der Waals surface area contributed by atoms with Crippen molar-refractivity contribution >= 4 is 17.7 Å². The lowest BCUT2D eigenvalue weighted by atomic mass is 10.1. The summed E-state index contributed by atoms with van der Waals surface area (Å²) in [5.74, 6) is 2.16. The van der Waals surface area contributed by atoms with E-state index in [1.165, 1.54) is 5.56 Å². The average Bonchev–Trinajstić information content (AvgIpc) is 2.47. The van der Waals surface area contributed by atoms with Crippen LogP contribution in [-0.4, -0.2) is 46.7 Å². The molecule has 116 valence electrons. The summed E-state index contributed by atoms with van der Waals surface area (Å²) < 4.78 is 5.66. The van der Waals surface area contributed by atoms with Crippen LogP contribution < -0.4 is 4.74 Å². The van der Waals surface area contributed by atoms with Crippen LogP contribution in [0, 0.1) is 0 Å². The molecule has 0 spiro atoms. The molecule has 0 radical (unpaired) electrons. The standard InChI is InChI=1S/C16H23NO3S/c1-2-7-20-15-5-3-4-13(9-15)11-17-6-8-21-12-14(17)10-16(18)19/h3-5,9,14H,2,6-8,10-12H2,1H3,(H,18,19). The Balaban J connectivity index is 1.99. The molecule has 0 aliphatic carbocycles. The smallest absolute Gasteiger partial charge is 0.304 e. The number of carboxylic acids is 1. The molecule has 1 atom stereocenters. The SMILES string of the molecule is CCCOc1cccc(CN2CCSCC2CC(=O)O)c1. The van der Waals surface area contributed by atoms with Gasteiger partial charge in [-0.15, -0.1) is 0 Å². The van der Waals surface area contributed by atoms with E-state index in [2.05, 4.69) is 24.0 Å². The first-order chi connectivity index (χ1) is 10.2. The maximum atomic E-state index is 11.0. The maximum absolute atomic E-state index is 11.0. The van der Waals surface area contributed by atoms with E-state index in [-0.39, 0.29) is 12.5 Å². The number of nitrogens with zero attached hydrogens (tertiary/aromatic N) is 1. The van der Waals surface area contributed by atoms with Crippen LogP contribution in [0.4, 0.5) is 0 Å². The third-order valence-electron chi connectivity index (χ3n) is 3.52. The van der Waals surface area contributed by atoms with Crippen LogP contribution in [0.1, 0.15) is 25.3 Å². The molecule has 1 heterocycles. The molecule has 1 aromatic rings. The molecular formula is C16H23NO3S. The van der Waals surface area contributed by atoms with Crippen LogP contribution in [-0.2, 0) is 11.3 Å². The van der Waals surface area contributed by atoms with Gasteiger partial charge in [0.2, 0.25) is 0 Å². The molecule has 2 rings (SSSR count). The van der Waals surface area contributed by atoms with Crippen molar-refractivity contribution in [3.05, 3.63) is 29.8 Å². The quantitative estimate of drug-likeness (QED) is 0.839. The molecule has 21 heavy (non-hydrogen) atoms. The van der Waals surface area contributed by atoms with E-state index in [4.69, 9.17) is 9.84 Å². The molecule has 1 N–H and O–H groups in total. The highest BCUT2D eigenvalue weighted by Gasteiger charge is 2.24. The summed E-state index contributed by atoms with van der Waals surface area (Å²) >= 11 is 1.84. The molecule has 5 heteroatoms. The van der Waals surface area contributed by atoms with Gasteiger partial charge in [0.25, 0.3) is 0 Å². The van der Waals surface area contributed by atoms with Gasteiger partial charge < -0.3 is 9.84 Å². The van der Waals surface area contributed by atoms with Crippen LogP contribution >= 0.6 is 11.8 Å². The normalized spacial score (nSPS) is 19.4. The van der Waals surface area contributed by atoms with Crippen LogP contribution in [0.5, 0.6) is 5.75 Å². The zero-order valence-electron chi connectivity index (χ0n) is 12.5. The number of carboxylic acid groups (broad SMARTS) is 1. The Morgan fingerprint density at radius 3 is 3.14 bits per heavy atom. The minimum absolute atomic E-state index is 0.126. The number of thioether (sulfide) groups is 1. The second-order valence-electron chi connectivity index (χ2n) is 5.29. The fraction of sp³-hybridized carbons (Fsp3) is 0.562. The molecule has 1 saturated heterocycles. The molecule has 0 saturated carbocycles. The lowest BCUT2D eigenvalue weighted by Crippen LogP contribution is -2.42. The first-order valence-corrected chi connectivity index (χ1v) is 8.60. The fourth-order valence-electron chi connectivity index (χ4n) is 2.47. The number of carbonyl (C=O) groups is 1. The van der Waals surface area contributed by atoms with Crippen molar-refractivity contribution in [2.24, 2.45) is 0 Å². The Hall–Kier alpha value is -1.20. The summed E-state index contributed by atoms with van der Waals surface area (Å²) in [5, 5.41) is 9.03.